The largest absolute Gasteiger partial charge is 0.508 e. The molecular weight excluding hydrogens is 586 g/mol. The second-order valence-electron chi connectivity index (χ2n) is 13.4. The average Bonchev–Trinajstić information content (AvgIpc) is 3.07. The minimum absolute atomic E-state index is 0.0682. The maximum atomic E-state index is 10.4. The van der Waals surface area contributed by atoms with Gasteiger partial charge in [-0.05, 0) is 108 Å². The van der Waals surface area contributed by atoms with Gasteiger partial charge in [-0.25, -0.2) is 0 Å². The average molecular weight is 632 g/mol. The van der Waals surface area contributed by atoms with E-state index in [1.54, 1.807) is 18.2 Å². The van der Waals surface area contributed by atoms with E-state index in [9.17, 15) is 25.5 Å². The van der Waals surface area contributed by atoms with E-state index in [4.69, 9.17) is 0 Å². The van der Waals surface area contributed by atoms with E-state index >= 15 is 0 Å². The van der Waals surface area contributed by atoms with Crippen molar-refractivity contribution in [2.24, 2.45) is 0 Å². The summed E-state index contributed by atoms with van der Waals surface area (Å²) < 4.78 is 0. The van der Waals surface area contributed by atoms with Crippen molar-refractivity contribution < 1.29 is 25.5 Å². The van der Waals surface area contributed by atoms with Crippen molar-refractivity contribution in [1.29, 1.82) is 0 Å². The molecule has 5 rings (SSSR count). The fourth-order valence-corrected chi connectivity index (χ4v) is 6.16. The zero-order chi connectivity index (χ0) is 34.1. The van der Waals surface area contributed by atoms with Crippen LogP contribution in [0.4, 0.5) is 17.1 Å². The van der Waals surface area contributed by atoms with Gasteiger partial charge in [-0.2, -0.15) is 0 Å². The Morgan fingerprint density at radius 1 is 0.468 bits per heavy atom. The molecule has 5 aromatic rings. The Morgan fingerprint density at radius 2 is 0.894 bits per heavy atom. The van der Waals surface area contributed by atoms with Gasteiger partial charge in [-0.15, -0.1) is 0 Å². The molecule has 244 valence electrons. The Balaban J connectivity index is 1.54. The van der Waals surface area contributed by atoms with Crippen molar-refractivity contribution in [2.75, 3.05) is 4.90 Å². The first-order valence-corrected chi connectivity index (χ1v) is 15.9. The molecular formula is C41H45NO5. The zero-order valence-corrected chi connectivity index (χ0v) is 28.0. The number of benzene rings is 5. The monoisotopic (exact) mass is 631 g/mol. The van der Waals surface area contributed by atoms with Crippen LogP contribution in [0.1, 0.15) is 77.8 Å². The minimum Gasteiger partial charge on any atom is -0.508 e. The quantitative estimate of drug-likeness (QED) is 0.106. The van der Waals surface area contributed by atoms with Gasteiger partial charge in [-0.1, -0.05) is 64.1 Å². The number of aliphatic hydroxyl groups excluding tert-OH is 3. The van der Waals surface area contributed by atoms with Crippen LogP contribution in [-0.4, -0.2) is 25.5 Å². The standard InChI is InChI=1S/C41H45NO5/c1-26-7-13-37(19-27(26)2)42(35-14-8-31(9-15-35)40(3,4)33-12-18-38(46)28(20-33)23-43)36-16-10-32(11-17-36)41(5,6)34-21-29(24-44)39(47)30(22-34)25-45/h7-22,43-47H,23-25H2,1-6H3. The SMILES string of the molecule is Cc1ccc(N(c2ccc(C(C)(C)c3ccc(O)c(CO)c3)cc2)c2ccc(C(C)(C)c3cc(CO)c(O)c(CO)c3)cc2)cc1C. The van der Waals surface area contributed by atoms with Crippen LogP contribution in [0.15, 0.2) is 97.1 Å². The summed E-state index contributed by atoms with van der Waals surface area (Å²) in [5.41, 5.74) is 9.94. The molecule has 0 aliphatic heterocycles. The summed E-state index contributed by atoms with van der Waals surface area (Å²) in [7, 11) is 0. The van der Waals surface area contributed by atoms with Crippen LogP contribution in [0.2, 0.25) is 0 Å². The van der Waals surface area contributed by atoms with Crippen molar-refractivity contribution in [3.63, 3.8) is 0 Å². The number of hydrogen-bond donors (Lipinski definition) is 5. The first-order chi connectivity index (χ1) is 22.3. The van der Waals surface area contributed by atoms with Crippen molar-refractivity contribution in [3.8, 4) is 11.5 Å². The Kier molecular flexibility index (Phi) is 9.51. The van der Waals surface area contributed by atoms with Gasteiger partial charge >= 0.3 is 0 Å². The third-order valence-corrected chi connectivity index (χ3v) is 9.74. The van der Waals surface area contributed by atoms with Gasteiger partial charge in [0.25, 0.3) is 0 Å². The maximum Gasteiger partial charge on any atom is 0.126 e. The highest BCUT2D eigenvalue weighted by Crippen LogP contribution is 2.41. The Bertz CT molecular complexity index is 1850. The molecule has 0 fully saturated rings. The van der Waals surface area contributed by atoms with Crippen LogP contribution in [0.25, 0.3) is 0 Å². The van der Waals surface area contributed by atoms with E-state index in [1.165, 1.54) is 11.1 Å². The third-order valence-electron chi connectivity index (χ3n) is 9.74. The second kappa shape index (κ2) is 13.2. The minimum atomic E-state index is -0.470. The molecule has 5 N–H and O–H groups in total. The predicted octanol–water partition coefficient (Wildman–Crippen LogP) is 8.31. The van der Waals surface area contributed by atoms with E-state index < -0.39 is 5.41 Å². The normalized spacial score (nSPS) is 11.9. The van der Waals surface area contributed by atoms with Crippen LogP contribution < -0.4 is 4.90 Å². The number of phenols is 2. The Hall–Kier alpha value is -4.62. The highest BCUT2D eigenvalue weighted by Gasteiger charge is 2.27. The first kappa shape index (κ1) is 33.7. The van der Waals surface area contributed by atoms with Crippen LogP contribution in [0.5, 0.6) is 11.5 Å². The fraction of sp³-hybridized carbons (Fsp3) is 0.268. The second-order valence-corrected chi connectivity index (χ2v) is 13.4. The molecule has 0 aromatic heterocycles. The topological polar surface area (TPSA) is 104 Å². The van der Waals surface area contributed by atoms with E-state index in [0.29, 0.717) is 16.7 Å². The van der Waals surface area contributed by atoms with E-state index in [1.807, 2.05) is 12.1 Å². The summed E-state index contributed by atoms with van der Waals surface area (Å²) in [6.45, 7) is 11.8. The summed E-state index contributed by atoms with van der Waals surface area (Å²) >= 11 is 0. The number of anilines is 3. The van der Waals surface area contributed by atoms with Crippen molar-refractivity contribution in [2.45, 2.75) is 72.2 Å². The lowest BCUT2D eigenvalue weighted by Gasteiger charge is -2.31. The molecule has 47 heavy (non-hydrogen) atoms. The summed E-state index contributed by atoms with van der Waals surface area (Å²) in [5, 5.41) is 49.9. The highest BCUT2D eigenvalue weighted by atomic mass is 16.3. The molecule has 0 aliphatic rings. The summed E-state index contributed by atoms with van der Waals surface area (Å²) in [6.07, 6.45) is 0. The number of hydrogen-bond acceptors (Lipinski definition) is 6. The smallest absolute Gasteiger partial charge is 0.126 e. The highest BCUT2D eigenvalue weighted by molar-refractivity contribution is 5.77. The molecule has 0 amide bonds. The molecule has 0 saturated carbocycles. The molecule has 0 aliphatic carbocycles. The van der Waals surface area contributed by atoms with Gasteiger partial charge in [0, 0.05) is 44.6 Å². The molecule has 0 heterocycles. The number of nitrogens with zero attached hydrogens (tertiary/aromatic N) is 1. The molecule has 0 spiro atoms. The molecule has 6 heteroatoms. The maximum absolute atomic E-state index is 10.4. The third kappa shape index (κ3) is 6.50. The van der Waals surface area contributed by atoms with Gasteiger partial charge in [0.15, 0.2) is 0 Å². The lowest BCUT2D eigenvalue weighted by molar-refractivity contribution is 0.263. The van der Waals surface area contributed by atoms with Crippen LogP contribution >= 0.6 is 0 Å². The number of rotatable bonds is 10. The van der Waals surface area contributed by atoms with Crippen LogP contribution in [0.3, 0.4) is 0 Å². The summed E-state index contributed by atoms with van der Waals surface area (Å²) in [4.78, 5) is 2.23. The van der Waals surface area contributed by atoms with E-state index in [-0.39, 0.29) is 36.7 Å². The van der Waals surface area contributed by atoms with Gasteiger partial charge in [-0.3, -0.25) is 0 Å². The van der Waals surface area contributed by atoms with Gasteiger partial charge in [0.2, 0.25) is 0 Å². The fourth-order valence-electron chi connectivity index (χ4n) is 6.16. The molecule has 0 saturated heterocycles. The summed E-state index contributed by atoms with van der Waals surface area (Å²) in [6, 6.07) is 32.4. The number of aromatic hydroxyl groups is 2. The Labute approximate surface area is 277 Å². The van der Waals surface area contributed by atoms with Gasteiger partial charge in [0.1, 0.15) is 11.5 Å². The van der Waals surface area contributed by atoms with Crippen molar-refractivity contribution >= 4 is 17.1 Å². The lowest BCUT2D eigenvalue weighted by Crippen LogP contribution is -2.20. The first-order valence-electron chi connectivity index (χ1n) is 15.9. The van der Waals surface area contributed by atoms with Gasteiger partial charge < -0.3 is 30.4 Å². The molecule has 5 aromatic carbocycles. The zero-order valence-electron chi connectivity index (χ0n) is 28.0. The van der Waals surface area contributed by atoms with Crippen LogP contribution in [0, 0.1) is 13.8 Å². The van der Waals surface area contributed by atoms with E-state index in [0.717, 1.165) is 39.3 Å². The molecule has 0 unspecified atom stereocenters. The predicted molar refractivity (Wildman–Crippen MR) is 189 cm³/mol. The lowest BCUT2D eigenvalue weighted by atomic mass is 9.77. The number of aliphatic hydroxyl groups is 3. The number of aryl methyl sites for hydroxylation is 2. The molecule has 0 radical (unpaired) electrons. The van der Waals surface area contributed by atoms with Gasteiger partial charge in [0.05, 0.1) is 19.8 Å². The Morgan fingerprint density at radius 3 is 1.36 bits per heavy atom. The molecule has 6 nitrogen and oxygen atoms in total. The summed E-state index contributed by atoms with van der Waals surface area (Å²) in [5.74, 6) is 0.0232. The van der Waals surface area contributed by atoms with Crippen molar-refractivity contribution in [1.82, 2.24) is 0 Å². The molecule has 0 bridgehead atoms. The van der Waals surface area contributed by atoms with Crippen molar-refractivity contribution in [3.05, 3.63) is 147 Å². The van der Waals surface area contributed by atoms with E-state index in [2.05, 4.69) is 113 Å². The molecule has 0 atom stereocenters. The van der Waals surface area contributed by atoms with Crippen LogP contribution in [-0.2, 0) is 30.7 Å².